The van der Waals surface area contributed by atoms with Gasteiger partial charge >= 0.3 is 0 Å². The predicted molar refractivity (Wildman–Crippen MR) is 68.3 cm³/mol. The van der Waals surface area contributed by atoms with Gasteiger partial charge < -0.3 is 29.9 Å². The minimum absolute atomic E-state index is 0.171. The molecule has 20 heavy (non-hydrogen) atoms. The van der Waals surface area contributed by atoms with Crippen molar-refractivity contribution in [1.82, 2.24) is 0 Å². The maximum atomic E-state index is 12.2. The Morgan fingerprint density at radius 1 is 0.850 bits per heavy atom. The molecule has 3 rings (SSSR count). The Morgan fingerprint density at radius 3 is 2.25 bits per heavy atom. The molecule has 0 saturated heterocycles. The standard InChI is InChI=1S/C13H8O7/c14-4-1-5-10(17)9-8(20-13(5)7(16)2-4)3-6(15)11(18)12(9)19/h1-3,14-16,18-19H. The molecule has 0 atom stereocenters. The van der Waals surface area contributed by atoms with E-state index in [2.05, 4.69) is 0 Å². The summed E-state index contributed by atoms with van der Waals surface area (Å²) in [6.45, 7) is 0. The van der Waals surface area contributed by atoms with E-state index < -0.39 is 28.4 Å². The third-order valence-electron chi connectivity index (χ3n) is 2.96. The van der Waals surface area contributed by atoms with Gasteiger partial charge in [0.2, 0.25) is 11.2 Å². The zero-order chi connectivity index (χ0) is 14.6. The number of benzene rings is 2. The van der Waals surface area contributed by atoms with Gasteiger partial charge in [0, 0.05) is 12.1 Å². The van der Waals surface area contributed by atoms with E-state index in [9.17, 15) is 30.3 Å². The first kappa shape index (κ1) is 12.0. The van der Waals surface area contributed by atoms with Crippen molar-refractivity contribution >= 4 is 21.9 Å². The van der Waals surface area contributed by atoms with Gasteiger partial charge in [0.25, 0.3) is 0 Å². The van der Waals surface area contributed by atoms with Crippen LogP contribution in [0.25, 0.3) is 21.9 Å². The van der Waals surface area contributed by atoms with Crippen LogP contribution in [-0.4, -0.2) is 25.5 Å². The lowest BCUT2D eigenvalue weighted by molar-refractivity contribution is 0.370. The fourth-order valence-electron chi connectivity index (χ4n) is 2.04. The lowest BCUT2D eigenvalue weighted by Gasteiger charge is -2.07. The van der Waals surface area contributed by atoms with Crippen LogP contribution in [0, 0.1) is 0 Å². The highest BCUT2D eigenvalue weighted by atomic mass is 16.4. The van der Waals surface area contributed by atoms with Gasteiger partial charge in [-0.25, -0.2) is 0 Å². The Morgan fingerprint density at radius 2 is 1.55 bits per heavy atom. The van der Waals surface area contributed by atoms with Gasteiger partial charge in [0.15, 0.2) is 22.8 Å². The molecular formula is C13H8O7. The molecule has 0 aliphatic heterocycles. The van der Waals surface area contributed by atoms with E-state index in [1.807, 2.05) is 0 Å². The topological polar surface area (TPSA) is 131 Å². The molecule has 3 aromatic rings. The minimum atomic E-state index is -0.853. The number of rotatable bonds is 0. The largest absolute Gasteiger partial charge is 0.508 e. The van der Waals surface area contributed by atoms with Crippen molar-refractivity contribution in [1.29, 1.82) is 0 Å². The Balaban J connectivity index is 2.65. The predicted octanol–water partition coefficient (Wildman–Crippen LogP) is 1.47. The second-order valence-electron chi connectivity index (χ2n) is 4.24. The van der Waals surface area contributed by atoms with Crippen molar-refractivity contribution in [3.8, 4) is 28.7 Å². The lowest BCUT2D eigenvalue weighted by Crippen LogP contribution is -2.02. The van der Waals surface area contributed by atoms with E-state index >= 15 is 0 Å². The van der Waals surface area contributed by atoms with Crippen LogP contribution in [0.4, 0.5) is 0 Å². The summed E-state index contributed by atoms with van der Waals surface area (Å²) >= 11 is 0. The van der Waals surface area contributed by atoms with Crippen molar-refractivity contribution in [3.63, 3.8) is 0 Å². The molecule has 0 aliphatic rings. The number of phenolic OH excluding ortho intramolecular Hbond substituents is 5. The van der Waals surface area contributed by atoms with Crippen LogP contribution in [0.5, 0.6) is 28.7 Å². The molecule has 7 nitrogen and oxygen atoms in total. The molecule has 1 heterocycles. The molecule has 0 unspecified atom stereocenters. The normalized spacial score (nSPS) is 11.2. The highest BCUT2D eigenvalue weighted by molar-refractivity contribution is 5.97. The SMILES string of the molecule is O=c1c2cc(O)cc(O)c2oc2cc(O)c(O)c(O)c12. The van der Waals surface area contributed by atoms with Gasteiger partial charge in [-0.05, 0) is 6.07 Å². The molecule has 0 amide bonds. The summed E-state index contributed by atoms with van der Waals surface area (Å²) in [4.78, 5) is 12.2. The van der Waals surface area contributed by atoms with Gasteiger partial charge in [-0.1, -0.05) is 0 Å². The summed E-state index contributed by atoms with van der Waals surface area (Å²) in [6, 6.07) is 2.98. The summed E-state index contributed by atoms with van der Waals surface area (Å²) in [5, 5.41) is 47.1. The zero-order valence-corrected chi connectivity index (χ0v) is 9.78. The van der Waals surface area contributed by atoms with Gasteiger partial charge in [0.05, 0.1) is 5.39 Å². The fourth-order valence-corrected chi connectivity index (χ4v) is 2.04. The monoisotopic (exact) mass is 276 g/mol. The Kier molecular flexibility index (Phi) is 2.22. The van der Waals surface area contributed by atoms with E-state index in [-0.39, 0.29) is 27.7 Å². The minimum Gasteiger partial charge on any atom is -0.508 e. The Bertz CT molecular complexity index is 924. The van der Waals surface area contributed by atoms with Crippen LogP contribution in [0.15, 0.2) is 27.4 Å². The van der Waals surface area contributed by atoms with Crippen molar-refractivity contribution in [2.24, 2.45) is 0 Å². The molecule has 0 spiro atoms. The fraction of sp³-hybridized carbons (Fsp3) is 0. The average molecular weight is 276 g/mol. The molecule has 2 aromatic carbocycles. The Hall–Kier alpha value is -3.09. The maximum Gasteiger partial charge on any atom is 0.204 e. The highest BCUT2D eigenvalue weighted by Gasteiger charge is 2.19. The average Bonchev–Trinajstić information content (AvgIpc) is 2.37. The molecule has 0 saturated carbocycles. The van der Waals surface area contributed by atoms with Gasteiger partial charge in [-0.3, -0.25) is 4.79 Å². The quantitative estimate of drug-likeness (QED) is 0.310. The molecule has 5 N–H and O–H groups in total. The molecule has 1 aromatic heterocycles. The van der Waals surface area contributed by atoms with Crippen molar-refractivity contribution in [2.75, 3.05) is 0 Å². The molecule has 0 bridgehead atoms. The summed E-state index contributed by atoms with van der Waals surface area (Å²) in [5.74, 6) is -3.18. The van der Waals surface area contributed by atoms with Crippen molar-refractivity contribution in [3.05, 3.63) is 28.4 Å². The number of aromatic hydroxyl groups is 5. The molecule has 0 radical (unpaired) electrons. The third kappa shape index (κ3) is 1.43. The van der Waals surface area contributed by atoms with E-state index in [1.54, 1.807) is 0 Å². The van der Waals surface area contributed by atoms with Crippen LogP contribution in [0.2, 0.25) is 0 Å². The summed E-state index contributed by atoms with van der Waals surface area (Å²) in [5.41, 5.74) is -1.18. The van der Waals surface area contributed by atoms with Crippen molar-refractivity contribution < 1.29 is 29.9 Å². The summed E-state index contributed by atoms with van der Waals surface area (Å²) in [6.07, 6.45) is 0. The molecule has 102 valence electrons. The Labute approximate surface area is 110 Å². The van der Waals surface area contributed by atoms with Crippen molar-refractivity contribution in [2.45, 2.75) is 0 Å². The number of phenols is 5. The van der Waals surface area contributed by atoms with E-state index in [0.717, 1.165) is 18.2 Å². The van der Waals surface area contributed by atoms with E-state index in [4.69, 9.17) is 4.42 Å². The van der Waals surface area contributed by atoms with Crippen LogP contribution in [0.1, 0.15) is 0 Å². The third-order valence-corrected chi connectivity index (χ3v) is 2.96. The number of hydrogen-bond donors (Lipinski definition) is 5. The molecular weight excluding hydrogens is 268 g/mol. The number of hydrogen-bond acceptors (Lipinski definition) is 7. The first-order valence-electron chi connectivity index (χ1n) is 5.46. The van der Waals surface area contributed by atoms with Gasteiger partial charge in [-0.2, -0.15) is 0 Å². The smallest absolute Gasteiger partial charge is 0.204 e. The summed E-state index contributed by atoms with van der Waals surface area (Å²) < 4.78 is 5.24. The second-order valence-corrected chi connectivity index (χ2v) is 4.24. The maximum absolute atomic E-state index is 12.2. The van der Waals surface area contributed by atoms with Gasteiger partial charge in [-0.15, -0.1) is 0 Å². The van der Waals surface area contributed by atoms with Gasteiger partial charge in [0.1, 0.15) is 16.7 Å². The lowest BCUT2D eigenvalue weighted by atomic mass is 10.1. The van der Waals surface area contributed by atoms with Crippen LogP contribution >= 0.6 is 0 Å². The second kappa shape index (κ2) is 3.70. The first-order chi connectivity index (χ1) is 9.40. The van der Waals surface area contributed by atoms with Crippen LogP contribution in [0.3, 0.4) is 0 Å². The highest BCUT2D eigenvalue weighted by Crippen LogP contribution is 2.41. The van der Waals surface area contributed by atoms with Crippen LogP contribution < -0.4 is 5.43 Å². The zero-order valence-electron chi connectivity index (χ0n) is 9.78. The van der Waals surface area contributed by atoms with Crippen LogP contribution in [-0.2, 0) is 0 Å². The summed E-state index contributed by atoms with van der Waals surface area (Å²) in [7, 11) is 0. The van der Waals surface area contributed by atoms with E-state index in [1.165, 1.54) is 0 Å². The molecule has 0 aliphatic carbocycles. The first-order valence-corrected chi connectivity index (χ1v) is 5.46. The van der Waals surface area contributed by atoms with E-state index in [0.29, 0.717) is 0 Å². The molecule has 7 heteroatoms. The number of fused-ring (bicyclic) bond motifs is 2. The molecule has 0 fully saturated rings.